The normalized spacial score (nSPS) is 29.2. The van der Waals surface area contributed by atoms with Crippen molar-refractivity contribution in [1.82, 2.24) is 5.01 Å². The Morgan fingerprint density at radius 2 is 0.750 bits per heavy atom. The molecule has 0 saturated heterocycles. The minimum atomic E-state index is 0.923. The highest BCUT2D eigenvalue weighted by Gasteiger charge is 2.44. The van der Waals surface area contributed by atoms with Gasteiger partial charge in [0.05, 0.1) is 12.1 Å². The maximum absolute atomic E-state index is 3.14. The number of quaternary nitrogens is 1. The molecule has 4 fully saturated rings. The van der Waals surface area contributed by atoms with Crippen molar-refractivity contribution in [2.24, 2.45) is 0 Å². The quantitative estimate of drug-likeness (QED) is 0.720. The van der Waals surface area contributed by atoms with Gasteiger partial charge in [0, 0.05) is 25.7 Å². The van der Waals surface area contributed by atoms with Crippen molar-refractivity contribution in [1.29, 1.82) is 0 Å². The molecule has 0 spiro atoms. The molecule has 0 aromatic rings. The molecule has 2 nitrogen and oxygen atoms in total. The Morgan fingerprint density at radius 3 is 1.12 bits per heavy atom. The number of nitrogens with zero attached hydrogens (tertiary/aromatic N) is 1. The van der Waals surface area contributed by atoms with Crippen molar-refractivity contribution in [3.63, 3.8) is 0 Å². The smallest absolute Gasteiger partial charge is 0.105 e. The van der Waals surface area contributed by atoms with E-state index in [-0.39, 0.29) is 0 Å². The molecule has 0 aromatic heterocycles. The molecule has 4 aliphatic carbocycles. The van der Waals surface area contributed by atoms with Crippen LogP contribution in [0.2, 0.25) is 0 Å². The molecule has 0 bridgehead atoms. The molecule has 4 aliphatic rings. The van der Waals surface area contributed by atoms with Crippen LogP contribution in [0.1, 0.15) is 116 Å². The molecule has 0 amide bonds. The van der Waals surface area contributed by atoms with E-state index in [0.717, 1.165) is 24.2 Å². The summed E-state index contributed by atoms with van der Waals surface area (Å²) in [6, 6.07) is 3.77. The van der Waals surface area contributed by atoms with Crippen LogP contribution in [0.4, 0.5) is 0 Å². The van der Waals surface area contributed by atoms with Crippen LogP contribution in [0.15, 0.2) is 0 Å². The van der Waals surface area contributed by atoms with E-state index in [1.807, 2.05) is 5.01 Å². The SMILES string of the molecule is C1CCC([NH+](C2CCCCC2)N(C2CCCC2)C2CCCC2)CC1. The van der Waals surface area contributed by atoms with Crippen LogP contribution in [-0.2, 0) is 0 Å². The Morgan fingerprint density at radius 1 is 0.417 bits per heavy atom. The van der Waals surface area contributed by atoms with Crippen LogP contribution in [-0.4, -0.2) is 29.2 Å². The van der Waals surface area contributed by atoms with Gasteiger partial charge in [-0.25, -0.2) is 5.01 Å². The Hall–Kier alpha value is -0.0800. The maximum Gasteiger partial charge on any atom is 0.105 e. The summed E-state index contributed by atoms with van der Waals surface area (Å²) >= 11 is 0. The molecule has 0 atom stereocenters. The van der Waals surface area contributed by atoms with Gasteiger partial charge < -0.3 is 0 Å². The average molecular weight is 334 g/mol. The van der Waals surface area contributed by atoms with Gasteiger partial charge >= 0.3 is 0 Å². The minimum Gasteiger partial charge on any atom is -0.249 e. The highest BCUT2D eigenvalue weighted by molar-refractivity contribution is 4.82. The Labute approximate surface area is 150 Å². The third kappa shape index (κ3) is 3.85. The lowest BCUT2D eigenvalue weighted by Gasteiger charge is -2.48. The van der Waals surface area contributed by atoms with Gasteiger partial charge in [0.25, 0.3) is 0 Å². The molecule has 0 radical (unpaired) electrons. The summed E-state index contributed by atoms with van der Waals surface area (Å²) in [6.45, 7) is 0. The van der Waals surface area contributed by atoms with E-state index in [1.165, 1.54) is 116 Å². The van der Waals surface area contributed by atoms with Crippen molar-refractivity contribution < 1.29 is 5.01 Å². The lowest BCUT2D eigenvalue weighted by Crippen LogP contribution is -3.26. The van der Waals surface area contributed by atoms with E-state index >= 15 is 0 Å². The topological polar surface area (TPSA) is 7.68 Å². The van der Waals surface area contributed by atoms with Crippen LogP contribution < -0.4 is 5.01 Å². The van der Waals surface area contributed by atoms with Crippen molar-refractivity contribution in [3.8, 4) is 0 Å². The van der Waals surface area contributed by atoms with Gasteiger partial charge in [0.1, 0.15) is 12.1 Å². The zero-order valence-electron chi connectivity index (χ0n) is 16.0. The van der Waals surface area contributed by atoms with Gasteiger partial charge in [-0.15, -0.1) is 0 Å². The third-order valence-electron chi connectivity index (χ3n) is 7.78. The van der Waals surface area contributed by atoms with E-state index in [4.69, 9.17) is 0 Å². The number of nitrogens with one attached hydrogen (secondary N) is 1. The van der Waals surface area contributed by atoms with E-state index in [9.17, 15) is 0 Å². The lowest BCUT2D eigenvalue weighted by atomic mass is 9.89. The van der Waals surface area contributed by atoms with Crippen LogP contribution in [0, 0.1) is 0 Å². The van der Waals surface area contributed by atoms with Gasteiger partial charge in [0.15, 0.2) is 0 Å². The number of hydrogen-bond acceptors (Lipinski definition) is 1. The fourth-order valence-corrected chi connectivity index (χ4v) is 6.64. The molecule has 4 saturated carbocycles. The summed E-state index contributed by atoms with van der Waals surface area (Å²) in [7, 11) is 0. The van der Waals surface area contributed by atoms with Crippen LogP contribution in [0.25, 0.3) is 0 Å². The highest BCUT2D eigenvalue weighted by Crippen LogP contribution is 2.31. The zero-order chi connectivity index (χ0) is 16.2. The summed E-state index contributed by atoms with van der Waals surface area (Å²) in [5.74, 6) is 0. The largest absolute Gasteiger partial charge is 0.249 e. The zero-order valence-corrected chi connectivity index (χ0v) is 16.0. The average Bonchev–Trinajstić information content (AvgIpc) is 3.35. The Balaban J connectivity index is 1.58. The number of hydrogen-bond donors (Lipinski definition) is 1. The summed E-state index contributed by atoms with van der Waals surface area (Å²) in [5, 5.41) is 5.17. The van der Waals surface area contributed by atoms with E-state index in [2.05, 4.69) is 5.01 Å². The molecule has 138 valence electrons. The van der Waals surface area contributed by atoms with E-state index < -0.39 is 0 Å². The van der Waals surface area contributed by atoms with Gasteiger partial charge in [-0.1, -0.05) is 38.5 Å². The first-order chi connectivity index (χ1) is 11.9. The second-order valence-corrected chi connectivity index (χ2v) is 9.38. The van der Waals surface area contributed by atoms with Gasteiger partial charge in [-0.3, -0.25) is 0 Å². The molecule has 2 heteroatoms. The van der Waals surface area contributed by atoms with Crippen molar-refractivity contribution in [2.75, 3.05) is 0 Å². The standard InChI is InChI=1S/C22H40N2/c1-3-11-19(12-4-1)23(20-13-5-2-6-14-20)24(21-15-7-8-16-21)22-17-9-10-18-22/h19-22H,1-18H2/p+1. The van der Waals surface area contributed by atoms with E-state index in [1.54, 1.807) is 0 Å². The summed E-state index contributed by atoms with van der Waals surface area (Å²) in [5.41, 5.74) is 0. The number of rotatable bonds is 5. The molecule has 4 rings (SSSR count). The van der Waals surface area contributed by atoms with Crippen LogP contribution >= 0.6 is 0 Å². The fraction of sp³-hybridized carbons (Fsp3) is 1.00. The van der Waals surface area contributed by atoms with Crippen molar-refractivity contribution >= 4 is 0 Å². The van der Waals surface area contributed by atoms with Gasteiger partial charge in [-0.05, 0) is 51.4 Å². The second kappa shape index (κ2) is 8.54. The molecule has 24 heavy (non-hydrogen) atoms. The Bertz CT molecular complexity index is 324. The molecule has 0 heterocycles. The van der Waals surface area contributed by atoms with Gasteiger partial charge in [0.2, 0.25) is 0 Å². The summed E-state index contributed by atoms with van der Waals surface area (Å²) in [4.78, 5) is 0. The van der Waals surface area contributed by atoms with E-state index in [0.29, 0.717) is 0 Å². The maximum atomic E-state index is 3.14. The first kappa shape index (κ1) is 17.3. The lowest BCUT2D eigenvalue weighted by molar-refractivity contribution is -1.07. The van der Waals surface area contributed by atoms with Gasteiger partial charge in [-0.2, -0.15) is 5.01 Å². The predicted molar refractivity (Wildman–Crippen MR) is 101 cm³/mol. The minimum absolute atomic E-state index is 0.923. The molecule has 0 unspecified atom stereocenters. The fourth-order valence-electron chi connectivity index (χ4n) is 6.64. The Kier molecular flexibility index (Phi) is 6.17. The van der Waals surface area contributed by atoms with Crippen molar-refractivity contribution in [2.45, 2.75) is 140 Å². The second-order valence-electron chi connectivity index (χ2n) is 9.38. The third-order valence-corrected chi connectivity index (χ3v) is 7.78. The summed E-state index contributed by atoms with van der Waals surface area (Å²) < 4.78 is 0. The highest BCUT2D eigenvalue weighted by atomic mass is 15.7. The molecule has 0 aromatic carbocycles. The first-order valence-corrected chi connectivity index (χ1v) is 11.6. The van der Waals surface area contributed by atoms with Crippen LogP contribution in [0.3, 0.4) is 0 Å². The summed E-state index contributed by atoms with van der Waals surface area (Å²) in [6.07, 6.45) is 27.1. The predicted octanol–water partition coefficient (Wildman–Crippen LogP) is 4.64. The molecular formula is C22H41N2+. The van der Waals surface area contributed by atoms with Crippen molar-refractivity contribution in [3.05, 3.63) is 0 Å². The van der Waals surface area contributed by atoms with Crippen LogP contribution in [0.5, 0.6) is 0 Å². The molecule has 0 aliphatic heterocycles. The first-order valence-electron chi connectivity index (χ1n) is 11.6. The molecule has 1 N–H and O–H groups in total. The molecular weight excluding hydrogens is 292 g/mol. The monoisotopic (exact) mass is 333 g/mol.